The number of nitrogens with zero attached hydrogens (tertiary/aromatic N) is 2. The van der Waals surface area contributed by atoms with E-state index in [2.05, 4.69) is 29.1 Å². The van der Waals surface area contributed by atoms with Crippen LogP contribution in [0, 0.1) is 18.7 Å². The van der Waals surface area contributed by atoms with Gasteiger partial charge in [-0.15, -0.1) is 0 Å². The molecule has 2 heterocycles. The van der Waals surface area contributed by atoms with Crippen molar-refractivity contribution in [2.24, 2.45) is 5.92 Å². The van der Waals surface area contributed by atoms with Crippen LogP contribution in [0.25, 0.3) is 0 Å². The fourth-order valence-corrected chi connectivity index (χ4v) is 1.79. The summed E-state index contributed by atoms with van der Waals surface area (Å²) < 4.78 is 19.8. The zero-order chi connectivity index (χ0) is 15.2. The third kappa shape index (κ3) is 4.49. The Balaban J connectivity index is 2.08. The van der Waals surface area contributed by atoms with Crippen molar-refractivity contribution >= 4 is 0 Å². The molecule has 21 heavy (non-hydrogen) atoms. The summed E-state index contributed by atoms with van der Waals surface area (Å²) in [6, 6.07) is 5.21. The van der Waals surface area contributed by atoms with E-state index < -0.39 is 5.82 Å². The van der Waals surface area contributed by atoms with Gasteiger partial charge in [-0.2, -0.15) is 0 Å². The lowest BCUT2D eigenvalue weighted by atomic mass is 10.2. The standard InChI is InChI=1S/C16H20FN3O/c1-11(2)8-18-9-13-6-7-19-16(15(13)17)21-14-5-4-12(3)20-10-14/h4-7,10-11,18H,8-9H2,1-3H3. The fraction of sp³-hybridized carbons (Fsp3) is 0.375. The first kappa shape index (κ1) is 15.4. The van der Waals surface area contributed by atoms with Gasteiger partial charge in [0.25, 0.3) is 5.88 Å². The molecule has 0 aliphatic rings. The maximum atomic E-state index is 14.3. The Kier molecular flexibility index (Phi) is 5.22. The average molecular weight is 289 g/mol. The zero-order valence-corrected chi connectivity index (χ0v) is 12.6. The topological polar surface area (TPSA) is 47.0 Å². The van der Waals surface area contributed by atoms with Crippen molar-refractivity contribution in [3.05, 3.63) is 47.7 Å². The Morgan fingerprint density at radius 3 is 2.71 bits per heavy atom. The molecular weight excluding hydrogens is 269 g/mol. The van der Waals surface area contributed by atoms with Crippen molar-refractivity contribution < 1.29 is 9.13 Å². The maximum absolute atomic E-state index is 14.3. The second kappa shape index (κ2) is 7.13. The summed E-state index contributed by atoms with van der Waals surface area (Å²) in [5, 5.41) is 3.20. The number of pyridine rings is 2. The van der Waals surface area contributed by atoms with Crippen LogP contribution in [0.15, 0.2) is 30.6 Å². The molecule has 0 bridgehead atoms. The Hall–Kier alpha value is -2.01. The third-order valence-electron chi connectivity index (χ3n) is 2.90. The molecule has 0 radical (unpaired) electrons. The van der Waals surface area contributed by atoms with Gasteiger partial charge in [-0.3, -0.25) is 4.98 Å². The van der Waals surface area contributed by atoms with E-state index in [-0.39, 0.29) is 5.88 Å². The minimum absolute atomic E-state index is 0.0236. The van der Waals surface area contributed by atoms with Crippen molar-refractivity contribution in [2.45, 2.75) is 27.3 Å². The van der Waals surface area contributed by atoms with Gasteiger partial charge in [-0.05, 0) is 37.6 Å². The summed E-state index contributed by atoms with van der Waals surface area (Å²) in [7, 11) is 0. The van der Waals surface area contributed by atoms with Crippen LogP contribution < -0.4 is 10.1 Å². The van der Waals surface area contributed by atoms with Crippen LogP contribution in [0.1, 0.15) is 25.1 Å². The van der Waals surface area contributed by atoms with Gasteiger partial charge >= 0.3 is 0 Å². The SMILES string of the molecule is Cc1ccc(Oc2nccc(CNCC(C)C)c2F)cn1. The third-order valence-corrected chi connectivity index (χ3v) is 2.90. The molecule has 0 saturated heterocycles. The number of nitrogens with one attached hydrogen (secondary N) is 1. The van der Waals surface area contributed by atoms with Crippen LogP contribution in [0.5, 0.6) is 11.6 Å². The molecule has 0 aliphatic heterocycles. The highest BCUT2D eigenvalue weighted by Gasteiger charge is 2.11. The van der Waals surface area contributed by atoms with Crippen LogP contribution in [0.4, 0.5) is 4.39 Å². The Morgan fingerprint density at radius 2 is 2.05 bits per heavy atom. The van der Waals surface area contributed by atoms with Gasteiger partial charge in [0.15, 0.2) is 5.82 Å². The highest BCUT2D eigenvalue weighted by atomic mass is 19.1. The molecule has 0 fully saturated rings. The lowest BCUT2D eigenvalue weighted by Crippen LogP contribution is -2.19. The monoisotopic (exact) mass is 289 g/mol. The van der Waals surface area contributed by atoms with Crippen molar-refractivity contribution in [1.82, 2.24) is 15.3 Å². The summed E-state index contributed by atoms with van der Waals surface area (Å²) in [6.45, 7) is 7.38. The van der Waals surface area contributed by atoms with E-state index in [4.69, 9.17) is 4.74 Å². The number of halogens is 1. The first-order chi connectivity index (χ1) is 10.1. The number of rotatable bonds is 6. The van der Waals surface area contributed by atoms with E-state index in [1.807, 2.05) is 6.92 Å². The van der Waals surface area contributed by atoms with Gasteiger partial charge in [-0.1, -0.05) is 13.8 Å². The summed E-state index contributed by atoms with van der Waals surface area (Å²) in [6.07, 6.45) is 3.10. The predicted molar refractivity (Wildman–Crippen MR) is 79.8 cm³/mol. The van der Waals surface area contributed by atoms with Gasteiger partial charge < -0.3 is 10.1 Å². The molecule has 2 aromatic heterocycles. The van der Waals surface area contributed by atoms with E-state index in [0.717, 1.165) is 12.2 Å². The quantitative estimate of drug-likeness (QED) is 0.884. The van der Waals surface area contributed by atoms with E-state index in [9.17, 15) is 4.39 Å². The number of ether oxygens (including phenoxy) is 1. The summed E-state index contributed by atoms with van der Waals surface area (Å²) in [4.78, 5) is 8.06. The van der Waals surface area contributed by atoms with Gasteiger partial charge in [-0.25, -0.2) is 9.37 Å². The zero-order valence-electron chi connectivity index (χ0n) is 12.6. The average Bonchev–Trinajstić information content (AvgIpc) is 2.45. The smallest absolute Gasteiger partial charge is 0.256 e. The summed E-state index contributed by atoms with van der Waals surface area (Å²) in [5.41, 5.74) is 1.42. The van der Waals surface area contributed by atoms with Gasteiger partial charge in [0, 0.05) is 24.0 Å². The molecule has 0 saturated carbocycles. The predicted octanol–water partition coefficient (Wildman–Crippen LogP) is 3.46. The number of hydrogen-bond donors (Lipinski definition) is 1. The van der Waals surface area contributed by atoms with Crippen LogP contribution >= 0.6 is 0 Å². The molecule has 0 atom stereocenters. The molecule has 0 amide bonds. The van der Waals surface area contributed by atoms with Crippen molar-refractivity contribution in [2.75, 3.05) is 6.54 Å². The number of hydrogen-bond acceptors (Lipinski definition) is 4. The van der Waals surface area contributed by atoms with E-state index in [1.54, 1.807) is 30.6 Å². The first-order valence-electron chi connectivity index (χ1n) is 7.01. The molecular formula is C16H20FN3O. The van der Waals surface area contributed by atoms with Crippen LogP contribution in [0.3, 0.4) is 0 Å². The molecule has 0 aromatic carbocycles. The molecule has 5 heteroatoms. The summed E-state index contributed by atoms with van der Waals surface area (Å²) in [5.74, 6) is 0.530. The van der Waals surface area contributed by atoms with Crippen LogP contribution in [0.2, 0.25) is 0 Å². The molecule has 1 N–H and O–H groups in total. The fourth-order valence-electron chi connectivity index (χ4n) is 1.79. The first-order valence-corrected chi connectivity index (χ1v) is 7.01. The lowest BCUT2D eigenvalue weighted by molar-refractivity contribution is 0.415. The molecule has 0 aliphatic carbocycles. The van der Waals surface area contributed by atoms with E-state index >= 15 is 0 Å². The number of aryl methyl sites for hydroxylation is 1. The van der Waals surface area contributed by atoms with Gasteiger partial charge in [0.05, 0.1) is 6.20 Å². The Bertz CT molecular complexity index is 585. The van der Waals surface area contributed by atoms with Crippen molar-refractivity contribution in [3.63, 3.8) is 0 Å². The molecule has 112 valence electrons. The van der Waals surface area contributed by atoms with E-state index in [1.165, 1.54) is 0 Å². The maximum Gasteiger partial charge on any atom is 0.256 e. The highest BCUT2D eigenvalue weighted by molar-refractivity contribution is 5.29. The molecule has 0 unspecified atom stereocenters. The van der Waals surface area contributed by atoms with Crippen molar-refractivity contribution in [1.29, 1.82) is 0 Å². The normalized spacial score (nSPS) is 10.9. The molecule has 2 aromatic rings. The molecule has 2 rings (SSSR count). The Morgan fingerprint density at radius 1 is 1.24 bits per heavy atom. The number of aromatic nitrogens is 2. The minimum Gasteiger partial charge on any atom is -0.435 e. The highest BCUT2D eigenvalue weighted by Crippen LogP contribution is 2.23. The molecule has 4 nitrogen and oxygen atoms in total. The molecule has 0 spiro atoms. The second-order valence-electron chi connectivity index (χ2n) is 5.35. The van der Waals surface area contributed by atoms with Gasteiger partial charge in [0.2, 0.25) is 0 Å². The lowest BCUT2D eigenvalue weighted by Gasteiger charge is -2.10. The van der Waals surface area contributed by atoms with Gasteiger partial charge in [0.1, 0.15) is 5.75 Å². The largest absolute Gasteiger partial charge is 0.435 e. The minimum atomic E-state index is -0.436. The van der Waals surface area contributed by atoms with Crippen molar-refractivity contribution in [3.8, 4) is 11.6 Å². The van der Waals surface area contributed by atoms with Crippen LogP contribution in [-0.4, -0.2) is 16.5 Å². The summed E-state index contributed by atoms with van der Waals surface area (Å²) >= 11 is 0. The second-order valence-corrected chi connectivity index (χ2v) is 5.35. The Labute approximate surface area is 124 Å². The van der Waals surface area contributed by atoms with Crippen LogP contribution in [-0.2, 0) is 6.54 Å². The van der Waals surface area contributed by atoms with E-state index in [0.29, 0.717) is 23.8 Å².